The maximum absolute atomic E-state index is 5.65. The summed E-state index contributed by atoms with van der Waals surface area (Å²) in [5.41, 5.74) is 5.65. The molecule has 0 atom stereocenters. The molecule has 2 rings (SSSR count). The maximum atomic E-state index is 5.65. The van der Waals surface area contributed by atoms with Gasteiger partial charge in [-0.25, -0.2) is 0 Å². The number of nitrogens with one attached hydrogen (secondary N) is 2. The summed E-state index contributed by atoms with van der Waals surface area (Å²) in [6.45, 7) is 5.12. The number of rotatable bonds is 4. The van der Waals surface area contributed by atoms with Gasteiger partial charge in [0.25, 0.3) is 0 Å². The summed E-state index contributed by atoms with van der Waals surface area (Å²) in [5.74, 6) is 2.74. The highest BCUT2D eigenvalue weighted by atomic mass is 15.1. The first-order chi connectivity index (χ1) is 7.67. The molecule has 1 aromatic rings. The van der Waals surface area contributed by atoms with Crippen LogP contribution in [0.15, 0.2) is 6.07 Å². The predicted molar refractivity (Wildman–Crippen MR) is 66.4 cm³/mol. The first-order valence-electron chi connectivity index (χ1n) is 5.82. The van der Waals surface area contributed by atoms with E-state index in [4.69, 9.17) is 5.73 Å². The van der Waals surface area contributed by atoms with E-state index in [9.17, 15) is 0 Å². The fourth-order valence-electron chi connectivity index (χ4n) is 2.04. The van der Waals surface area contributed by atoms with Crippen LogP contribution in [0.1, 0.15) is 26.7 Å². The molecule has 0 radical (unpaired) electrons. The second-order valence-electron chi connectivity index (χ2n) is 4.44. The smallest absolute Gasteiger partial charge is 0.223 e. The van der Waals surface area contributed by atoms with Crippen molar-refractivity contribution in [3.8, 4) is 0 Å². The highest BCUT2D eigenvalue weighted by Crippen LogP contribution is 2.29. The van der Waals surface area contributed by atoms with Gasteiger partial charge in [0.05, 0.1) is 0 Å². The van der Waals surface area contributed by atoms with Crippen molar-refractivity contribution < 1.29 is 0 Å². The van der Waals surface area contributed by atoms with E-state index in [0.717, 1.165) is 24.1 Å². The topological polar surface area (TPSA) is 75.9 Å². The predicted octanol–water partition coefficient (Wildman–Crippen LogP) is 1.70. The normalized spacial score (nSPS) is 23.6. The van der Waals surface area contributed by atoms with Gasteiger partial charge in [-0.2, -0.15) is 9.97 Å². The molecule has 0 unspecified atom stereocenters. The largest absolute Gasteiger partial charge is 0.370 e. The highest BCUT2D eigenvalue weighted by Gasteiger charge is 2.25. The van der Waals surface area contributed by atoms with E-state index in [1.54, 1.807) is 0 Å². The lowest BCUT2D eigenvalue weighted by Crippen LogP contribution is -2.34. The van der Waals surface area contributed by atoms with Gasteiger partial charge >= 0.3 is 0 Å². The van der Waals surface area contributed by atoms with E-state index in [0.29, 0.717) is 12.0 Å². The summed E-state index contributed by atoms with van der Waals surface area (Å²) >= 11 is 0. The van der Waals surface area contributed by atoms with E-state index in [1.165, 1.54) is 12.8 Å². The molecule has 0 saturated heterocycles. The number of aromatic nitrogens is 2. The minimum atomic E-state index is 0.313. The van der Waals surface area contributed by atoms with Crippen LogP contribution in [0.2, 0.25) is 0 Å². The molecule has 0 bridgehead atoms. The Morgan fingerprint density at radius 1 is 1.38 bits per heavy atom. The Hall–Kier alpha value is -1.52. The summed E-state index contributed by atoms with van der Waals surface area (Å²) in [4.78, 5) is 8.28. The van der Waals surface area contributed by atoms with Gasteiger partial charge in [0.15, 0.2) is 0 Å². The fourth-order valence-corrected chi connectivity index (χ4v) is 2.04. The van der Waals surface area contributed by atoms with E-state index in [2.05, 4.69) is 27.5 Å². The minimum absolute atomic E-state index is 0.313. The third kappa shape index (κ3) is 2.53. The molecule has 1 heterocycles. The van der Waals surface area contributed by atoms with E-state index in [1.807, 2.05) is 13.0 Å². The van der Waals surface area contributed by atoms with E-state index in [-0.39, 0.29) is 0 Å². The first kappa shape index (κ1) is 11.0. The monoisotopic (exact) mass is 221 g/mol. The third-order valence-corrected chi connectivity index (χ3v) is 2.83. The SMILES string of the molecule is CCNc1cc(NC2CC(C)C2)nc(N)n1. The van der Waals surface area contributed by atoms with Gasteiger partial charge in [-0.1, -0.05) is 6.92 Å². The molecule has 1 aromatic heterocycles. The zero-order valence-electron chi connectivity index (χ0n) is 9.83. The van der Waals surface area contributed by atoms with Crippen LogP contribution in [0.4, 0.5) is 17.6 Å². The molecular formula is C11H19N5. The lowest BCUT2D eigenvalue weighted by Gasteiger charge is -2.33. The molecular weight excluding hydrogens is 202 g/mol. The summed E-state index contributed by atoms with van der Waals surface area (Å²) in [5, 5.41) is 6.51. The summed E-state index contributed by atoms with van der Waals surface area (Å²) in [6.07, 6.45) is 2.42. The van der Waals surface area contributed by atoms with Crippen molar-refractivity contribution in [2.45, 2.75) is 32.7 Å². The van der Waals surface area contributed by atoms with Crippen LogP contribution in [0, 0.1) is 5.92 Å². The van der Waals surface area contributed by atoms with E-state index >= 15 is 0 Å². The molecule has 1 saturated carbocycles. The Balaban J connectivity index is 2.02. The number of nitrogen functional groups attached to an aromatic ring is 1. The minimum Gasteiger partial charge on any atom is -0.370 e. The lowest BCUT2D eigenvalue weighted by atomic mass is 9.82. The van der Waals surface area contributed by atoms with Crippen LogP contribution in [-0.2, 0) is 0 Å². The van der Waals surface area contributed by atoms with Crippen LogP contribution < -0.4 is 16.4 Å². The molecule has 0 aromatic carbocycles. The maximum Gasteiger partial charge on any atom is 0.223 e. The van der Waals surface area contributed by atoms with E-state index < -0.39 is 0 Å². The zero-order chi connectivity index (χ0) is 11.5. The number of hydrogen-bond acceptors (Lipinski definition) is 5. The number of nitrogens with two attached hydrogens (primary N) is 1. The average Bonchev–Trinajstić information content (AvgIpc) is 2.15. The van der Waals surface area contributed by atoms with Gasteiger partial charge in [0, 0.05) is 18.7 Å². The van der Waals surface area contributed by atoms with Gasteiger partial charge < -0.3 is 16.4 Å². The Kier molecular flexibility index (Phi) is 3.12. The van der Waals surface area contributed by atoms with Gasteiger partial charge in [0.1, 0.15) is 11.6 Å². The van der Waals surface area contributed by atoms with Crippen LogP contribution in [-0.4, -0.2) is 22.6 Å². The Morgan fingerprint density at radius 3 is 2.69 bits per heavy atom. The number of anilines is 3. The Labute approximate surface area is 95.9 Å². The quantitative estimate of drug-likeness (QED) is 0.721. The van der Waals surface area contributed by atoms with Crippen molar-refractivity contribution in [2.75, 3.05) is 22.9 Å². The Morgan fingerprint density at radius 2 is 2.06 bits per heavy atom. The standard InChI is InChI=1S/C11H19N5/c1-3-13-9-6-10(16-11(12)15-9)14-8-4-7(2)5-8/h6-8H,3-5H2,1-2H3,(H4,12,13,14,15,16). The molecule has 5 heteroatoms. The van der Waals surface area contributed by atoms with Crippen molar-refractivity contribution in [1.82, 2.24) is 9.97 Å². The summed E-state index contributed by atoms with van der Waals surface area (Å²) in [7, 11) is 0. The fraction of sp³-hybridized carbons (Fsp3) is 0.636. The van der Waals surface area contributed by atoms with Crippen LogP contribution in [0.25, 0.3) is 0 Å². The average molecular weight is 221 g/mol. The van der Waals surface area contributed by atoms with Crippen molar-refractivity contribution in [3.05, 3.63) is 6.07 Å². The van der Waals surface area contributed by atoms with Crippen molar-refractivity contribution in [1.29, 1.82) is 0 Å². The zero-order valence-corrected chi connectivity index (χ0v) is 9.83. The second kappa shape index (κ2) is 4.55. The third-order valence-electron chi connectivity index (χ3n) is 2.83. The van der Waals surface area contributed by atoms with Crippen molar-refractivity contribution in [3.63, 3.8) is 0 Å². The molecule has 1 aliphatic carbocycles. The van der Waals surface area contributed by atoms with Crippen molar-refractivity contribution in [2.24, 2.45) is 5.92 Å². The number of nitrogens with zero attached hydrogens (tertiary/aromatic N) is 2. The molecule has 1 fully saturated rings. The molecule has 16 heavy (non-hydrogen) atoms. The molecule has 88 valence electrons. The van der Waals surface area contributed by atoms with Crippen molar-refractivity contribution >= 4 is 17.6 Å². The molecule has 0 amide bonds. The van der Waals surface area contributed by atoms with Crippen LogP contribution in [0.5, 0.6) is 0 Å². The lowest BCUT2D eigenvalue weighted by molar-refractivity contribution is 0.308. The highest BCUT2D eigenvalue weighted by molar-refractivity contribution is 5.51. The molecule has 1 aliphatic rings. The van der Waals surface area contributed by atoms with Crippen LogP contribution in [0.3, 0.4) is 0 Å². The van der Waals surface area contributed by atoms with Gasteiger partial charge in [0.2, 0.25) is 5.95 Å². The van der Waals surface area contributed by atoms with Gasteiger partial charge in [-0.15, -0.1) is 0 Å². The molecule has 0 aliphatic heterocycles. The molecule has 0 spiro atoms. The van der Waals surface area contributed by atoms with Gasteiger partial charge in [-0.05, 0) is 25.7 Å². The van der Waals surface area contributed by atoms with Gasteiger partial charge in [-0.3, -0.25) is 0 Å². The molecule has 4 N–H and O–H groups in total. The molecule has 5 nitrogen and oxygen atoms in total. The Bertz CT molecular complexity index is 359. The van der Waals surface area contributed by atoms with Crippen LogP contribution >= 0.6 is 0 Å². The summed E-state index contributed by atoms with van der Waals surface area (Å²) < 4.78 is 0. The first-order valence-corrected chi connectivity index (χ1v) is 5.82. The number of hydrogen-bond donors (Lipinski definition) is 3. The summed E-state index contributed by atoms with van der Waals surface area (Å²) in [6, 6.07) is 2.45. The second-order valence-corrected chi connectivity index (χ2v) is 4.44.